The Morgan fingerprint density at radius 2 is 1.69 bits per heavy atom. The molecule has 0 unspecified atom stereocenters. The zero-order valence-corrected chi connectivity index (χ0v) is 17.3. The van der Waals surface area contributed by atoms with Crippen LogP contribution in [0.15, 0.2) is 54.6 Å². The predicted octanol–water partition coefficient (Wildman–Crippen LogP) is 4.32. The van der Waals surface area contributed by atoms with Gasteiger partial charge in [-0.15, -0.1) is 0 Å². The largest absolute Gasteiger partial charge is 0.494 e. The van der Waals surface area contributed by atoms with Crippen LogP contribution in [-0.4, -0.2) is 30.2 Å². The molecule has 0 aliphatic carbocycles. The summed E-state index contributed by atoms with van der Waals surface area (Å²) in [6, 6.07) is 16.2. The first-order chi connectivity index (χ1) is 14.1. The summed E-state index contributed by atoms with van der Waals surface area (Å²) in [5.41, 5.74) is 1.15. The Hall–Kier alpha value is -2.93. The first-order valence-corrected chi connectivity index (χ1v) is 10.0. The lowest BCUT2D eigenvalue weighted by molar-refractivity contribution is -0.119. The lowest BCUT2D eigenvalue weighted by Gasteiger charge is -2.10. The van der Waals surface area contributed by atoms with Crippen molar-refractivity contribution in [1.29, 1.82) is 0 Å². The molecule has 0 fully saturated rings. The highest BCUT2D eigenvalue weighted by Crippen LogP contribution is 2.11. The maximum absolute atomic E-state index is 12.0. The summed E-state index contributed by atoms with van der Waals surface area (Å²) in [7, 11) is 0. The van der Waals surface area contributed by atoms with Gasteiger partial charge in [0.25, 0.3) is 0 Å². The topological polar surface area (TPSA) is 76.7 Å². The van der Waals surface area contributed by atoms with Crippen LogP contribution in [0.4, 0.5) is 5.69 Å². The first-order valence-electron chi connectivity index (χ1n) is 9.64. The van der Waals surface area contributed by atoms with Crippen molar-refractivity contribution < 1.29 is 19.1 Å². The predicted molar refractivity (Wildman–Crippen MR) is 117 cm³/mol. The number of rotatable bonds is 10. The van der Waals surface area contributed by atoms with Crippen LogP contribution in [0.5, 0.6) is 5.75 Å². The van der Waals surface area contributed by atoms with E-state index in [2.05, 4.69) is 10.6 Å². The maximum Gasteiger partial charge on any atom is 0.338 e. The number of nitrogens with one attached hydrogen (secondary N) is 2. The standard InChI is InChI=1S/C22H26N2O4S/c1-2-3-15-28-21(26)17-11-13-18(14-12-17)23-22(29)24-20(25)10-7-16-27-19-8-5-4-6-9-19/h4-6,8-9,11-14H,2-3,7,10,15-16H2,1H3,(H2,23,24,25,29). The van der Waals surface area contributed by atoms with Crippen molar-refractivity contribution in [2.45, 2.75) is 32.6 Å². The van der Waals surface area contributed by atoms with Crippen molar-refractivity contribution >= 4 is 34.9 Å². The fourth-order valence-corrected chi connectivity index (χ4v) is 2.60. The van der Waals surface area contributed by atoms with Crippen LogP contribution in [0, 0.1) is 0 Å². The molecule has 0 bridgehead atoms. The Morgan fingerprint density at radius 1 is 0.966 bits per heavy atom. The van der Waals surface area contributed by atoms with Crippen LogP contribution in [0.3, 0.4) is 0 Å². The quantitative estimate of drug-likeness (QED) is 0.343. The molecule has 1 amide bonds. The minimum Gasteiger partial charge on any atom is -0.494 e. The Morgan fingerprint density at radius 3 is 2.38 bits per heavy atom. The van der Waals surface area contributed by atoms with Crippen molar-refractivity contribution in [2.24, 2.45) is 0 Å². The summed E-state index contributed by atoms with van der Waals surface area (Å²) in [4.78, 5) is 23.8. The van der Waals surface area contributed by atoms with E-state index in [1.165, 1.54) is 0 Å². The number of benzene rings is 2. The highest BCUT2D eigenvalue weighted by molar-refractivity contribution is 7.80. The van der Waals surface area contributed by atoms with Crippen molar-refractivity contribution in [3.63, 3.8) is 0 Å². The molecule has 0 saturated heterocycles. The molecule has 0 aliphatic rings. The van der Waals surface area contributed by atoms with Crippen LogP contribution in [0.25, 0.3) is 0 Å². The second kappa shape index (κ2) is 12.5. The van der Waals surface area contributed by atoms with Gasteiger partial charge in [-0.1, -0.05) is 31.5 Å². The van der Waals surface area contributed by atoms with E-state index in [9.17, 15) is 9.59 Å². The van der Waals surface area contributed by atoms with Crippen LogP contribution in [-0.2, 0) is 9.53 Å². The van der Waals surface area contributed by atoms with Gasteiger partial charge in [0, 0.05) is 12.1 Å². The third-order valence-electron chi connectivity index (χ3n) is 3.92. The molecule has 0 saturated carbocycles. The Labute approximate surface area is 176 Å². The minimum atomic E-state index is -0.349. The van der Waals surface area contributed by atoms with Crippen molar-refractivity contribution in [3.05, 3.63) is 60.2 Å². The fraction of sp³-hybridized carbons (Fsp3) is 0.318. The van der Waals surface area contributed by atoms with E-state index in [0.717, 1.165) is 18.6 Å². The molecule has 0 aromatic heterocycles. The molecule has 2 aromatic carbocycles. The smallest absolute Gasteiger partial charge is 0.338 e. The number of hydrogen-bond donors (Lipinski definition) is 2. The summed E-state index contributed by atoms with van der Waals surface area (Å²) in [5, 5.41) is 5.76. The molecule has 0 atom stereocenters. The molecular weight excluding hydrogens is 388 g/mol. The number of carbonyl (C=O) groups excluding carboxylic acids is 2. The van der Waals surface area contributed by atoms with Crippen LogP contribution in [0.1, 0.15) is 43.0 Å². The molecule has 6 nitrogen and oxygen atoms in total. The van der Waals surface area contributed by atoms with Gasteiger partial charge < -0.3 is 20.1 Å². The lowest BCUT2D eigenvalue weighted by Crippen LogP contribution is -2.34. The van der Waals surface area contributed by atoms with Crippen molar-refractivity contribution in [1.82, 2.24) is 5.32 Å². The van der Waals surface area contributed by atoms with E-state index in [-0.39, 0.29) is 17.0 Å². The number of amides is 1. The zero-order valence-electron chi connectivity index (χ0n) is 16.5. The fourth-order valence-electron chi connectivity index (χ4n) is 2.37. The maximum atomic E-state index is 12.0. The third-order valence-corrected chi connectivity index (χ3v) is 4.13. The van der Waals surface area contributed by atoms with Gasteiger partial charge in [0.2, 0.25) is 5.91 Å². The van der Waals surface area contributed by atoms with Gasteiger partial charge >= 0.3 is 5.97 Å². The summed E-state index contributed by atoms with van der Waals surface area (Å²) >= 11 is 5.16. The SMILES string of the molecule is CCCCOC(=O)c1ccc(NC(=S)NC(=O)CCCOc2ccccc2)cc1. The molecule has 2 aromatic rings. The van der Waals surface area contributed by atoms with E-state index in [4.69, 9.17) is 21.7 Å². The van der Waals surface area contributed by atoms with Gasteiger partial charge in [0.15, 0.2) is 5.11 Å². The van der Waals surface area contributed by atoms with Crippen LogP contribution >= 0.6 is 12.2 Å². The summed E-state index contributed by atoms with van der Waals surface area (Å²) in [6.07, 6.45) is 2.70. The molecule has 29 heavy (non-hydrogen) atoms. The monoisotopic (exact) mass is 414 g/mol. The number of esters is 1. The van der Waals surface area contributed by atoms with E-state index < -0.39 is 0 Å². The number of thiocarbonyl (C=S) groups is 1. The Balaban J connectivity index is 1.67. The molecule has 2 rings (SSSR count). The van der Waals surface area contributed by atoms with Gasteiger partial charge in [-0.3, -0.25) is 4.79 Å². The van der Waals surface area contributed by atoms with Gasteiger partial charge in [-0.2, -0.15) is 0 Å². The van der Waals surface area contributed by atoms with Crippen molar-refractivity contribution in [3.8, 4) is 5.75 Å². The number of anilines is 1. The lowest BCUT2D eigenvalue weighted by atomic mass is 10.2. The number of ether oxygens (including phenoxy) is 2. The van der Waals surface area contributed by atoms with Crippen LogP contribution in [0.2, 0.25) is 0 Å². The van der Waals surface area contributed by atoms with E-state index in [1.807, 2.05) is 37.3 Å². The zero-order chi connectivity index (χ0) is 20.9. The second-order valence-electron chi connectivity index (χ2n) is 6.33. The number of hydrogen-bond acceptors (Lipinski definition) is 5. The molecule has 0 heterocycles. The first kappa shape index (κ1) is 22.4. The second-order valence-corrected chi connectivity index (χ2v) is 6.74. The van der Waals surface area contributed by atoms with Gasteiger partial charge in [-0.25, -0.2) is 4.79 Å². The van der Waals surface area contributed by atoms with E-state index >= 15 is 0 Å². The highest BCUT2D eigenvalue weighted by Gasteiger charge is 2.08. The summed E-state index contributed by atoms with van der Waals surface area (Å²) < 4.78 is 10.7. The Bertz CT molecular complexity index is 794. The Kier molecular flexibility index (Phi) is 9.65. The number of unbranched alkanes of at least 4 members (excludes halogenated alkanes) is 1. The number of para-hydroxylation sites is 1. The van der Waals surface area contributed by atoms with E-state index in [0.29, 0.717) is 37.3 Å². The molecule has 0 aliphatic heterocycles. The van der Waals surface area contributed by atoms with Gasteiger partial charge in [0.1, 0.15) is 5.75 Å². The summed E-state index contributed by atoms with van der Waals surface area (Å²) in [5.74, 6) is 0.247. The molecule has 0 spiro atoms. The average molecular weight is 415 g/mol. The summed E-state index contributed by atoms with van der Waals surface area (Å²) in [6.45, 7) is 2.91. The third kappa shape index (κ3) is 8.74. The van der Waals surface area contributed by atoms with E-state index in [1.54, 1.807) is 24.3 Å². The molecule has 7 heteroatoms. The number of carbonyl (C=O) groups is 2. The van der Waals surface area contributed by atoms with Gasteiger partial charge in [-0.05, 0) is 61.5 Å². The highest BCUT2D eigenvalue weighted by atomic mass is 32.1. The van der Waals surface area contributed by atoms with Crippen molar-refractivity contribution in [2.75, 3.05) is 18.5 Å². The molecular formula is C22H26N2O4S. The normalized spacial score (nSPS) is 10.1. The minimum absolute atomic E-state index is 0.185. The average Bonchev–Trinajstić information content (AvgIpc) is 2.72. The van der Waals surface area contributed by atoms with Gasteiger partial charge in [0.05, 0.1) is 18.8 Å². The molecule has 154 valence electrons. The molecule has 2 N–H and O–H groups in total. The molecule has 0 radical (unpaired) electrons. The van der Waals surface area contributed by atoms with Crippen LogP contribution < -0.4 is 15.4 Å².